The minimum absolute atomic E-state index is 0.00609. The summed E-state index contributed by atoms with van der Waals surface area (Å²) in [7, 11) is 0. The smallest absolute Gasteiger partial charge is 0.269 e. The van der Waals surface area contributed by atoms with Crippen LogP contribution in [-0.2, 0) is 22.5 Å². The molecule has 1 N–H and O–H groups in total. The van der Waals surface area contributed by atoms with Gasteiger partial charge in [-0.25, -0.2) is 9.97 Å². The molecule has 1 aliphatic heterocycles. The third kappa shape index (κ3) is 8.37. The molecule has 1 amide bonds. The van der Waals surface area contributed by atoms with E-state index >= 15 is 0 Å². The van der Waals surface area contributed by atoms with Crippen molar-refractivity contribution in [1.29, 1.82) is 0 Å². The third-order valence-electron chi connectivity index (χ3n) is 5.83. The zero-order valence-corrected chi connectivity index (χ0v) is 23.7. The van der Waals surface area contributed by atoms with Crippen LogP contribution >= 0.6 is 23.1 Å². The van der Waals surface area contributed by atoms with Crippen LogP contribution < -0.4 is 5.32 Å². The molecule has 0 spiro atoms. The quantitative estimate of drug-likeness (QED) is 0.194. The van der Waals surface area contributed by atoms with Crippen LogP contribution in [0.4, 0.5) is 10.8 Å². The number of rotatable bonds is 8. The van der Waals surface area contributed by atoms with Gasteiger partial charge in [-0.1, -0.05) is 58.1 Å². The predicted molar refractivity (Wildman–Crippen MR) is 148 cm³/mol. The van der Waals surface area contributed by atoms with E-state index in [-0.39, 0.29) is 27.9 Å². The molecule has 1 fully saturated rings. The fourth-order valence-corrected chi connectivity index (χ4v) is 5.56. The number of piperidine rings is 1. The molecular weight excluding hydrogens is 510 g/mol. The second-order valence-corrected chi connectivity index (χ2v) is 11.9. The van der Waals surface area contributed by atoms with Gasteiger partial charge in [-0.15, -0.1) is 11.8 Å². The Hall–Kier alpha value is -2.76. The maximum Gasteiger partial charge on any atom is 0.269 e. The van der Waals surface area contributed by atoms with Crippen LogP contribution in [0.2, 0.25) is 0 Å². The number of hydrogen-bond donors (Lipinski definition) is 1. The summed E-state index contributed by atoms with van der Waals surface area (Å²) in [5, 5.41) is 14.5. The Bertz CT molecular complexity index is 1180. The predicted octanol–water partition coefficient (Wildman–Crippen LogP) is 6.51. The Labute approximate surface area is 226 Å². The topological polar surface area (TPSA) is 114 Å². The van der Waals surface area contributed by atoms with Crippen molar-refractivity contribution in [2.24, 2.45) is 5.92 Å². The molecule has 0 unspecified atom stereocenters. The lowest BCUT2D eigenvalue weighted by Gasteiger charge is -2.31. The first-order chi connectivity index (χ1) is 17.7. The molecule has 37 heavy (non-hydrogen) atoms. The number of aromatic nitrogens is 2. The number of carbonyl (C=O) groups excluding carboxylic acids is 1. The monoisotopic (exact) mass is 545 g/mol. The first-order valence-electron chi connectivity index (χ1n) is 12.5. The highest BCUT2D eigenvalue weighted by molar-refractivity contribution is 8.00. The lowest BCUT2D eigenvalue weighted by atomic mass is 9.94. The number of carbonyl (C=O) groups is 1. The molecule has 3 aromatic rings. The summed E-state index contributed by atoms with van der Waals surface area (Å²) in [4.78, 5) is 34.3. The third-order valence-corrected chi connectivity index (χ3v) is 7.92. The highest BCUT2D eigenvalue weighted by Gasteiger charge is 2.26. The second kappa shape index (κ2) is 13.2. The number of nitrogens with one attached hydrogen (secondary N) is 1. The van der Waals surface area contributed by atoms with E-state index in [1.54, 1.807) is 36.3 Å². The van der Waals surface area contributed by atoms with E-state index in [1.165, 1.54) is 17.4 Å². The van der Waals surface area contributed by atoms with E-state index in [0.29, 0.717) is 23.3 Å². The molecule has 1 saturated heterocycles. The molecule has 0 bridgehead atoms. The van der Waals surface area contributed by atoms with E-state index in [0.717, 1.165) is 41.5 Å². The van der Waals surface area contributed by atoms with E-state index in [1.807, 2.05) is 19.9 Å². The highest BCUT2D eigenvalue weighted by atomic mass is 32.2. The van der Waals surface area contributed by atoms with Crippen molar-refractivity contribution in [2.45, 2.75) is 69.4 Å². The van der Waals surface area contributed by atoms with Crippen molar-refractivity contribution in [1.82, 2.24) is 14.9 Å². The summed E-state index contributed by atoms with van der Waals surface area (Å²) >= 11 is 3.03. The summed E-state index contributed by atoms with van der Waals surface area (Å²) in [5.41, 5.74) is 0.943. The van der Waals surface area contributed by atoms with Gasteiger partial charge in [0.25, 0.3) is 5.69 Å². The first kappa shape index (κ1) is 28.8. The largest absolute Gasteiger partial charge is 0.444 e. The van der Waals surface area contributed by atoms with Crippen LogP contribution in [0, 0.1) is 16.0 Å². The van der Waals surface area contributed by atoms with Crippen LogP contribution in [0.15, 0.2) is 45.3 Å². The van der Waals surface area contributed by atoms with E-state index in [4.69, 9.17) is 4.42 Å². The summed E-state index contributed by atoms with van der Waals surface area (Å²) in [6.07, 6.45) is 5.03. The molecule has 200 valence electrons. The average molecular weight is 546 g/mol. The van der Waals surface area contributed by atoms with Crippen molar-refractivity contribution in [3.63, 3.8) is 0 Å². The number of nitro groups is 1. The van der Waals surface area contributed by atoms with Gasteiger partial charge < -0.3 is 9.73 Å². The van der Waals surface area contributed by atoms with Crippen molar-refractivity contribution < 1.29 is 14.1 Å². The van der Waals surface area contributed by atoms with Gasteiger partial charge in [-0.2, -0.15) is 0 Å². The molecule has 11 heteroatoms. The molecule has 0 saturated carbocycles. The molecule has 0 atom stereocenters. The molecular formula is C26H35N5O4S2. The van der Waals surface area contributed by atoms with E-state index in [2.05, 4.69) is 41.0 Å². The maximum atomic E-state index is 12.8. The highest BCUT2D eigenvalue weighted by Crippen LogP contribution is 2.32. The van der Waals surface area contributed by atoms with Crippen molar-refractivity contribution in [2.75, 3.05) is 18.4 Å². The molecule has 4 rings (SSSR count). The van der Waals surface area contributed by atoms with E-state index in [9.17, 15) is 14.9 Å². The fourth-order valence-electron chi connectivity index (χ4n) is 3.83. The summed E-state index contributed by atoms with van der Waals surface area (Å²) < 4.78 is 6.82. The zero-order valence-electron chi connectivity index (χ0n) is 22.0. The Morgan fingerprint density at radius 2 is 1.97 bits per heavy atom. The Kier molecular flexibility index (Phi) is 10.2. The van der Waals surface area contributed by atoms with Crippen molar-refractivity contribution in [3.05, 3.63) is 64.0 Å². The number of thioether (sulfide) groups is 1. The normalized spacial score (nSPS) is 14.6. The van der Waals surface area contributed by atoms with Gasteiger partial charge in [0.15, 0.2) is 5.13 Å². The van der Waals surface area contributed by atoms with Gasteiger partial charge >= 0.3 is 0 Å². The number of nitro benzene ring substituents is 1. The molecule has 9 nitrogen and oxygen atoms in total. The number of benzene rings is 1. The molecule has 2 aromatic heterocycles. The van der Waals surface area contributed by atoms with Gasteiger partial charge in [0.2, 0.25) is 11.8 Å². The fraction of sp³-hybridized carbons (Fsp3) is 0.500. The Morgan fingerprint density at radius 3 is 2.62 bits per heavy atom. The molecule has 0 aliphatic carbocycles. The summed E-state index contributed by atoms with van der Waals surface area (Å²) in [5.74, 6) is 2.07. The van der Waals surface area contributed by atoms with Crippen molar-refractivity contribution >= 4 is 39.8 Å². The van der Waals surface area contributed by atoms with Gasteiger partial charge in [-0.3, -0.25) is 19.8 Å². The molecule has 1 aliphatic rings. The molecule has 1 aromatic carbocycles. The number of oxazole rings is 1. The van der Waals surface area contributed by atoms with E-state index < -0.39 is 0 Å². The molecule has 3 heterocycles. The Balaban J connectivity index is 0.00000186. The van der Waals surface area contributed by atoms with Crippen LogP contribution in [0.5, 0.6) is 0 Å². The second-order valence-electron chi connectivity index (χ2n) is 9.61. The SMILES string of the molecule is CC.CC(C)(C)c1cnc(CSc2cnc(NC(=O)C3CCN(Cc4cccc([N+](=O)[O-])c4)CC3)s2)o1. The molecule has 0 radical (unpaired) electrons. The van der Waals surface area contributed by atoms with Crippen LogP contribution in [0.1, 0.15) is 64.7 Å². The number of likely N-dealkylation sites (tertiary alicyclic amines) is 1. The summed E-state index contributed by atoms with van der Waals surface area (Å²) in [6, 6.07) is 6.72. The van der Waals surface area contributed by atoms with Crippen molar-refractivity contribution in [3.8, 4) is 0 Å². The number of hydrogen-bond acceptors (Lipinski definition) is 9. The van der Waals surface area contributed by atoms with Crippen LogP contribution in [-0.4, -0.2) is 38.8 Å². The number of nitrogens with zero attached hydrogens (tertiary/aromatic N) is 4. The average Bonchev–Trinajstić information content (AvgIpc) is 3.54. The van der Waals surface area contributed by atoms with Crippen LogP contribution in [0.3, 0.4) is 0 Å². The Morgan fingerprint density at radius 1 is 1.24 bits per heavy atom. The minimum atomic E-state index is -0.376. The van der Waals surface area contributed by atoms with Gasteiger partial charge in [0.1, 0.15) is 5.76 Å². The van der Waals surface area contributed by atoms with Gasteiger partial charge in [0, 0.05) is 30.0 Å². The lowest BCUT2D eigenvalue weighted by molar-refractivity contribution is -0.384. The van der Waals surface area contributed by atoms with Gasteiger partial charge in [0.05, 0.1) is 27.3 Å². The lowest BCUT2D eigenvalue weighted by Crippen LogP contribution is -2.37. The number of non-ortho nitro benzene ring substituents is 1. The number of anilines is 1. The maximum absolute atomic E-state index is 12.8. The van der Waals surface area contributed by atoms with Gasteiger partial charge in [-0.05, 0) is 31.5 Å². The number of thiazole rings is 1. The first-order valence-corrected chi connectivity index (χ1v) is 14.3. The van der Waals surface area contributed by atoms with Crippen LogP contribution in [0.25, 0.3) is 0 Å². The number of amides is 1. The zero-order chi connectivity index (χ0) is 27.0. The standard InChI is InChI=1S/C24H29N5O4S2.C2H6/c1-24(2,3)19-12-25-20(33-19)15-34-21-13-26-23(35-21)27-22(30)17-7-9-28(10-8-17)14-16-5-4-6-18(11-16)29(31)32;1-2/h4-6,11-13,17H,7-10,14-15H2,1-3H3,(H,26,27,30);1-2H3. The minimum Gasteiger partial charge on any atom is -0.444 e. The summed E-state index contributed by atoms with van der Waals surface area (Å²) in [6.45, 7) is 12.4.